The minimum absolute atomic E-state index is 0.255. The minimum Gasteiger partial charge on any atom is -0.378 e. The molecule has 3 rings (SSSR count). The van der Waals surface area contributed by atoms with Crippen LogP contribution in [0, 0.1) is 29.6 Å². The van der Waals surface area contributed by atoms with Gasteiger partial charge in [-0.25, -0.2) is 4.39 Å². The van der Waals surface area contributed by atoms with Gasteiger partial charge >= 0.3 is 6.18 Å². The van der Waals surface area contributed by atoms with E-state index in [2.05, 4.69) is 6.92 Å². The maximum absolute atomic E-state index is 13.2. The van der Waals surface area contributed by atoms with Crippen molar-refractivity contribution in [1.29, 1.82) is 0 Å². The van der Waals surface area contributed by atoms with Crippen LogP contribution in [0.25, 0.3) is 0 Å². The van der Waals surface area contributed by atoms with Gasteiger partial charge in [0.15, 0.2) is 5.83 Å². The Hall–Kier alpha value is -0.580. The first-order chi connectivity index (χ1) is 14.3. The molecule has 3 fully saturated rings. The van der Waals surface area contributed by atoms with E-state index in [1.54, 1.807) is 0 Å². The van der Waals surface area contributed by atoms with E-state index in [-0.39, 0.29) is 5.92 Å². The van der Waals surface area contributed by atoms with Crippen LogP contribution in [-0.2, 0) is 4.74 Å². The predicted molar refractivity (Wildman–Crippen MR) is 113 cm³/mol. The van der Waals surface area contributed by atoms with E-state index in [1.165, 1.54) is 51.4 Å². The van der Waals surface area contributed by atoms with Gasteiger partial charge < -0.3 is 4.74 Å². The Bertz CT molecular complexity index is 520. The van der Waals surface area contributed by atoms with Crippen LogP contribution in [0.3, 0.4) is 0 Å². The number of halogens is 4. The fourth-order valence-corrected chi connectivity index (χ4v) is 6.05. The van der Waals surface area contributed by atoms with Crippen molar-refractivity contribution in [3.05, 3.63) is 11.9 Å². The first-order valence-electron chi connectivity index (χ1n) is 12.4. The number of ether oxygens (including phenoxy) is 1. The quantitative estimate of drug-likeness (QED) is 0.290. The summed E-state index contributed by atoms with van der Waals surface area (Å²) in [4.78, 5) is 0. The highest BCUT2D eigenvalue weighted by molar-refractivity contribution is 5.03. The molecule has 0 N–H and O–H groups in total. The molecule has 0 aliphatic heterocycles. The molecular weight excluding hydrogens is 392 g/mol. The summed E-state index contributed by atoms with van der Waals surface area (Å²) in [6, 6.07) is 0. The zero-order valence-electron chi connectivity index (χ0n) is 18.6. The normalized spacial score (nSPS) is 36.6. The number of hydrogen-bond acceptors (Lipinski definition) is 1. The molecular formula is C25H40F4O. The fourth-order valence-electron chi connectivity index (χ4n) is 6.05. The van der Waals surface area contributed by atoms with E-state index in [4.69, 9.17) is 4.74 Å². The van der Waals surface area contributed by atoms with E-state index in [9.17, 15) is 17.6 Å². The van der Waals surface area contributed by atoms with Gasteiger partial charge in [0, 0.05) is 6.61 Å². The highest BCUT2D eigenvalue weighted by Gasteiger charge is 2.36. The molecule has 0 bridgehead atoms. The molecule has 0 aromatic rings. The highest BCUT2D eigenvalue weighted by atomic mass is 19.4. The molecule has 3 aliphatic carbocycles. The van der Waals surface area contributed by atoms with Gasteiger partial charge in [-0.1, -0.05) is 32.6 Å². The molecule has 0 unspecified atom stereocenters. The van der Waals surface area contributed by atoms with Gasteiger partial charge in [0.1, 0.15) is 0 Å². The lowest BCUT2D eigenvalue weighted by atomic mass is 9.70. The van der Waals surface area contributed by atoms with E-state index in [0.29, 0.717) is 30.8 Å². The van der Waals surface area contributed by atoms with Crippen molar-refractivity contribution in [2.24, 2.45) is 29.6 Å². The van der Waals surface area contributed by atoms with Crippen molar-refractivity contribution in [3.8, 4) is 0 Å². The number of hydrogen-bond donors (Lipinski definition) is 0. The second-order valence-corrected chi connectivity index (χ2v) is 10.4. The van der Waals surface area contributed by atoms with Crippen molar-refractivity contribution >= 4 is 0 Å². The first kappa shape index (κ1) is 24.1. The van der Waals surface area contributed by atoms with E-state index >= 15 is 0 Å². The summed E-state index contributed by atoms with van der Waals surface area (Å²) in [5.41, 5.74) is 0. The van der Waals surface area contributed by atoms with Crippen molar-refractivity contribution in [1.82, 2.24) is 0 Å². The first-order valence-corrected chi connectivity index (χ1v) is 12.4. The van der Waals surface area contributed by atoms with Crippen LogP contribution in [0.1, 0.15) is 96.8 Å². The lowest BCUT2D eigenvalue weighted by molar-refractivity contribution is -0.109. The lowest BCUT2D eigenvalue weighted by Crippen LogP contribution is -2.28. The molecule has 0 aromatic heterocycles. The third-order valence-corrected chi connectivity index (χ3v) is 8.10. The average molecular weight is 433 g/mol. The summed E-state index contributed by atoms with van der Waals surface area (Å²) in [5.74, 6) is 0.927. The summed E-state index contributed by atoms with van der Waals surface area (Å²) in [6.07, 6.45) is 12.3. The van der Waals surface area contributed by atoms with Gasteiger partial charge in [0.2, 0.25) is 0 Å². The molecule has 0 amide bonds. The molecule has 5 heteroatoms. The zero-order valence-corrected chi connectivity index (χ0v) is 18.6. The molecule has 0 spiro atoms. The van der Waals surface area contributed by atoms with Gasteiger partial charge in [-0.2, -0.15) is 13.2 Å². The van der Waals surface area contributed by atoms with E-state index < -0.39 is 12.0 Å². The Morgan fingerprint density at radius 1 is 0.833 bits per heavy atom. The highest BCUT2D eigenvalue weighted by Crippen LogP contribution is 2.42. The maximum Gasteiger partial charge on any atom is 0.442 e. The van der Waals surface area contributed by atoms with Crippen molar-refractivity contribution < 1.29 is 22.3 Å². The summed E-state index contributed by atoms with van der Waals surface area (Å²) in [6.45, 7) is 3.26. The number of rotatable bonds is 7. The lowest BCUT2D eigenvalue weighted by Gasteiger charge is -2.37. The van der Waals surface area contributed by atoms with Crippen LogP contribution < -0.4 is 0 Å². The zero-order chi connectivity index (χ0) is 21.6. The van der Waals surface area contributed by atoms with Crippen LogP contribution in [0.15, 0.2) is 11.9 Å². The van der Waals surface area contributed by atoms with Gasteiger partial charge in [0.25, 0.3) is 0 Å². The predicted octanol–water partition coefficient (Wildman–Crippen LogP) is 8.39. The fraction of sp³-hybridized carbons (Fsp3) is 0.920. The number of alkyl halides is 3. The van der Waals surface area contributed by atoms with Crippen molar-refractivity contribution in [2.45, 2.75) is 109 Å². The largest absolute Gasteiger partial charge is 0.442 e. The summed E-state index contributed by atoms with van der Waals surface area (Å²) < 4.78 is 56.4. The van der Waals surface area contributed by atoms with E-state index in [0.717, 1.165) is 50.2 Å². The minimum atomic E-state index is -4.83. The van der Waals surface area contributed by atoms with Gasteiger partial charge in [-0.15, -0.1) is 0 Å². The molecule has 3 saturated carbocycles. The topological polar surface area (TPSA) is 9.23 Å². The average Bonchev–Trinajstić information content (AvgIpc) is 2.73. The van der Waals surface area contributed by atoms with Crippen molar-refractivity contribution in [2.75, 3.05) is 6.61 Å². The summed E-state index contributed by atoms with van der Waals surface area (Å²) in [7, 11) is 0. The van der Waals surface area contributed by atoms with Gasteiger partial charge in [-0.05, 0) is 99.9 Å². The molecule has 3 aliphatic rings. The van der Waals surface area contributed by atoms with Gasteiger partial charge in [-0.3, -0.25) is 0 Å². The Kier molecular flexibility index (Phi) is 9.09. The van der Waals surface area contributed by atoms with Crippen LogP contribution >= 0.6 is 0 Å². The Labute approximate surface area is 180 Å². The van der Waals surface area contributed by atoms with Gasteiger partial charge in [0.05, 0.1) is 6.10 Å². The monoisotopic (exact) mass is 432 g/mol. The Balaban J connectivity index is 1.27. The standard InChI is InChI=1S/C25H40F4O/c1-18-4-6-19(7-5-18)3-2-16-30-23-14-12-22(13-15-23)21-10-8-20(9-11-21)17-24(26)25(27,28)29/h17-23H,2-16H2,1H3. The summed E-state index contributed by atoms with van der Waals surface area (Å²) >= 11 is 0. The molecule has 0 aromatic carbocycles. The third-order valence-electron chi connectivity index (χ3n) is 8.10. The second kappa shape index (κ2) is 11.3. The van der Waals surface area contributed by atoms with E-state index in [1.807, 2.05) is 0 Å². The summed E-state index contributed by atoms with van der Waals surface area (Å²) in [5, 5.41) is 0. The molecule has 174 valence electrons. The van der Waals surface area contributed by atoms with Crippen LogP contribution in [-0.4, -0.2) is 18.9 Å². The van der Waals surface area contributed by atoms with Crippen LogP contribution in [0.2, 0.25) is 0 Å². The molecule has 1 nitrogen and oxygen atoms in total. The number of allylic oxidation sites excluding steroid dienone is 2. The Morgan fingerprint density at radius 3 is 1.97 bits per heavy atom. The van der Waals surface area contributed by atoms with Crippen molar-refractivity contribution in [3.63, 3.8) is 0 Å². The Morgan fingerprint density at radius 2 is 1.40 bits per heavy atom. The third kappa shape index (κ3) is 7.53. The second-order valence-electron chi connectivity index (χ2n) is 10.4. The molecule has 0 atom stereocenters. The smallest absolute Gasteiger partial charge is 0.378 e. The molecule has 0 radical (unpaired) electrons. The molecule has 30 heavy (non-hydrogen) atoms. The molecule has 0 saturated heterocycles. The van der Waals surface area contributed by atoms with Crippen LogP contribution in [0.4, 0.5) is 17.6 Å². The SMILES string of the molecule is CC1CCC(CCCOC2CCC(C3CCC(C=C(F)C(F)(F)F)CC3)CC2)CC1. The van der Waals surface area contributed by atoms with Crippen LogP contribution in [0.5, 0.6) is 0 Å². The maximum atomic E-state index is 13.2. The molecule has 0 heterocycles.